The summed E-state index contributed by atoms with van der Waals surface area (Å²) in [5.41, 5.74) is 6.47. The summed E-state index contributed by atoms with van der Waals surface area (Å²) in [7, 11) is 0. The Kier molecular flexibility index (Phi) is 6.13. The van der Waals surface area contributed by atoms with E-state index < -0.39 is 0 Å². The maximum Gasteiger partial charge on any atom is 0.0334 e. The highest BCUT2D eigenvalue weighted by atomic mass is 15.3. The fraction of sp³-hybridized carbons (Fsp3) is 1.00. The molecule has 0 bridgehead atoms. The lowest BCUT2D eigenvalue weighted by atomic mass is 9.82. The number of hydrogen-bond donors (Lipinski definition) is 1. The van der Waals surface area contributed by atoms with Crippen LogP contribution in [-0.2, 0) is 0 Å². The van der Waals surface area contributed by atoms with Crippen molar-refractivity contribution in [2.45, 2.75) is 78.3 Å². The van der Waals surface area contributed by atoms with Gasteiger partial charge in [0.15, 0.2) is 0 Å². The van der Waals surface area contributed by atoms with Crippen molar-refractivity contribution in [2.24, 2.45) is 17.6 Å². The fourth-order valence-corrected chi connectivity index (χ4v) is 3.11. The summed E-state index contributed by atoms with van der Waals surface area (Å²) >= 11 is 0. The molecule has 2 unspecified atom stereocenters. The molecule has 2 N–H and O–H groups in total. The smallest absolute Gasteiger partial charge is 0.0334 e. The quantitative estimate of drug-likeness (QED) is 0.680. The maximum atomic E-state index is 6.22. The Balaban J connectivity index is 2.83. The van der Waals surface area contributed by atoms with E-state index in [0.717, 1.165) is 24.4 Å². The first-order chi connectivity index (χ1) is 8.49. The summed E-state index contributed by atoms with van der Waals surface area (Å²) in [5.74, 6) is 1.52. The van der Waals surface area contributed by atoms with E-state index in [4.69, 9.17) is 5.73 Å². The molecule has 0 aromatic heterocycles. The van der Waals surface area contributed by atoms with Crippen molar-refractivity contribution in [3.8, 4) is 0 Å². The minimum absolute atomic E-state index is 0.251. The van der Waals surface area contributed by atoms with E-state index in [1.807, 2.05) is 0 Å². The van der Waals surface area contributed by atoms with Gasteiger partial charge in [-0.25, -0.2) is 0 Å². The van der Waals surface area contributed by atoms with Gasteiger partial charge in [0.05, 0.1) is 0 Å². The van der Waals surface area contributed by atoms with Crippen LogP contribution in [0.1, 0.15) is 66.7 Å². The number of rotatable bonds is 9. The predicted molar refractivity (Wildman–Crippen MR) is 80.7 cm³/mol. The molecular weight excluding hydrogens is 220 g/mol. The lowest BCUT2D eigenvalue weighted by Gasteiger charge is -2.46. The second-order valence-electron chi connectivity index (χ2n) is 6.78. The van der Waals surface area contributed by atoms with Crippen LogP contribution in [0.4, 0.5) is 0 Å². The van der Waals surface area contributed by atoms with Crippen LogP contribution in [0.2, 0.25) is 0 Å². The van der Waals surface area contributed by atoms with Crippen molar-refractivity contribution in [3.63, 3.8) is 0 Å². The highest BCUT2D eigenvalue weighted by Gasteiger charge is 2.42. The molecule has 2 nitrogen and oxygen atoms in total. The highest BCUT2D eigenvalue weighted by molar-refractivity contribution is 4.99. The molecule has 1 aliphatic rings. The van der Waals surface area contributed by atoms with Gasteiger partial charge in [0, 0.05) is 24.7 Å². The molecule has 108 valence electrons. The van der Waals surface area contributed by atoms with Crippen LogP contribution in [0.3, 0.4) is 0 Å². The molecule has 0 spiro atoms. The Labute approximate surface area is 114 Å². The van der Waals surface area contributed by atoms with Gasteiger partial charge >= 0.3 is 0 Å². The first kappa shape index (κ1) is 16.0. The van der Waals surface area contributed by atoms with Gasteiger partial charge in [0.25, 0.3) is 0 Å². The van der Waals surface area contributed by atoms with Crippen LogP contribution in [0.5, 0.6) is 0 Å². The van der Waals surface area contributed by atoms with Crippen LogP contribution >= 0.6 is 0 Å². The lowest BCUT2D eigenvalue weighted by Crippen LogP contribution is -2.56. The number of hydrogen-bond acceptors (Lipinski definition) is 2. The third-order valence-corrected chi connectivity index (χ3v) is 4.62. The van der Waals surface area contributed by atoms with Gasteiger partial charge in [0.2, 0.25) is 0 Å². The first-order valence-electron chi connectivity index (χ1n) is 7.95. The fourth-order valence-electron chi connectivity index (χ4n) is 3.11. The predicted octanol–water partition coefficient (Wildman–Crippen LogP) is 3.65. The van der Waals surface area contributed by atoms with Crippen molar-refractivity contribution < 1.29 is 0 Å². The van der Waals surface area contributed by atoms with Gasteiger partial charge in [-0.1, -0.05) is 41.0 Å². The van der Waals surface area contributed by atoms with Crippen LogP contribution in [-0.4, -0.2) is 29.6 Å². The van der Waals surface area contributed by atoms with Crippen LogP contribution in [0.25, 0.3) is 0 Å². The number of nitrogens with zero attached hydrogens (tertiary/aromatic N) is 1. The largest absolute Gasteiger partial charge is 0.329 e. The van der Waals surface area contributed by atoms with E-state index in [9.17, 15) is 0 Å². The summed E-state index contributed by atoms with van der Waals surface area (Å²) in [6, 6.07) is 0.819. The van der Waals surface area contributed by atoms with Gasteiger partial charge in [-0.3, -0.25) is 4.90 Å². The SMILES string of the molecule is CCC(C)CC(CC)(CN)N(CC(C)C)C1CC1. The normalized spacial score (nSPS) is 21.3. The molecule has 0 aliphatic heterocycles. The second kappa shape index (κ2) is 6.91. The lowest BCUT2D eigenvalue weighted by molar-refractivity contribution is 0.0468. The van der Waals surface area contributed by atoms with E-state index in [0.29, 0.717) is 0 Å². The molecule has 0 radical (unpaired) electrons. The molecule has 1 fully saturated rings. The van der Waals surface area contributed by atoms with Crippen LogP contribution in [0, 0.1) is 11.8 Å². The van der Waals surface area contributed by atoms with Crippen molar-refractivity contribution in [2.75, 3.05) is 13.1 Å². The maximum absolute atomic E-state index is 6.22. The topological polar surface area (TPSA) is 29.3 Å². The molecule has 0 heterocycles. The van der Waals surface area contributed by atoms with E-state index in [1.54, 1.807) is 0 Å². The molecule has 2 atom stereocenters. The monoisotopic (exact) mass is 254 g/mol. The van der Waals surface area contributed by atoms with E-state index in [-0.39, 0.29) is 5.54 Å². The molecule has 0 saturated heterocycles. The van der Waals surface area contributed by atoms with Gasteiger partial charge in [-0.05, 0) is 37.5 Å². The summed E-state index contributed by atoms with van der Waals surface area (Å²) in [4.78, 5) is 2.77. The van der Waals surface area contributed by atoms with E-state index in [2.05, 4.69) is 39.5 Å². The molecule has 0 aromatic carbocycles. The zero-order valence-corrected chi connectivity index (χ0v) is 13.2. The van der Waals surface area contributed by atoms with Crippen molar-refractivity contribution in [3.05, 3.63) is 0 Å². The van der Waals surface area contributed by atoms with Gasteiger partial charge in [0.1, 0.15) is 0 Å². The molecule has 18 heavy (non-hydrogen) atoms. The Morgan fingerprint density at radius 2 is 1.83 bits per heavy atom. The third kappa shape index (κ3) is 3.96. The average Bonchev–Trinajstić information content (AvgIpc) is 3.17. The Hall–Kier alpha value is -0.0800. The Morgan fingerprint density at radius 1 is 1.22 bits per heavy atom. The molecule has 1 saturated carbocycles. The molecule has 1 aliphatic carbocycles. The molecule has 2 heteroatoms. The Morgan fingerprint density at radius 3 is 2.17 bits per heavy atom. The van der Waals surface area contributed by atoms with Gasteiger partial charge in [-0.15, -0.1) is 0 Å². The summed E-state index contributed by atoms with van der Waals surface area (Å²) in [5, 5.41) is 0. The molecule has 0 aromatic rings. The van der Waals surface area contributed by atoms with Crippen molar-refractivity contribution >= 4 is 0 Å². The molecule has 0 amide bonds. The number of nitrogens with two attached hydrogens (primary N) is 1. The zero-order valence-electron chi connectivity index (χ0n) is 13.2. The first-order valence-corrected chi connectivity index (χ1v) is 7.95. The standard InChI is InChI=1S/C16H34N2/c1-6-14(5)10-16(7-2,12-17)18(11-13(3)4)15-8-9-15/h13-15H,6-12,17H2,1-5H3. The zero-order chi connectivity index (χ0) is 13.8. The van der Waals surface area contributed by atoms with Crippen molar-refractivity contribution in [1.29, 1.82) is 0 Å². The Bertz CT molecular complexity index is 229. The van der Waals surface area contributed by atoms with E-state index >= 15 is 0 Å². The minimum Gasteiger partial charge on any atom is -0.329 e. The van der Waals surface area contributed by atoms with Gasteiger partial charge < -0.3 is 5.73 Å². The van der Waals surface area contributed by atoms with E-state index in [1.165, 1.54) is 38.6 Å². The van der Waals surface area contributed by atoms with Crippen LogP contribution < -0.4 is 5.73 Å². The highest BCUT2D eigenvalue weighted by Crippen LogP contribution is 2.38. The second-order valence-corrected chi connectivity index (χ2v) is 6.78. The molecule has 1 rings (SSSR count). The van der Waals surface area contributed by atoms with Gasteiger partial charge in [-0.2, -0.15) is 0 Å². The summed E-state index contributed by atoms with van der Waals surface area (Å²) < 4.78 is 0. The molecular formula is C16H34N2. The van der Waals surface area contributed by atoms with Crippen molar-refractivity contribution in [1.82, 2.24) is 4.90 Å². The van der Waals surface area contributed by atoms with Crippen LogP contribution in [0.15, 0.2) is 0 Å². The summed E-state index contributed by atoms with van der Waals surface area (Å²) in [6.45, 7) is 13.7. The minimum atomic E-state index is 0.251. The summed E-state index contributed by atoms with van der Waals surface area (Å²) in [6.07, 6.45) is 6.49. The average molecular weight is 254 g/mol. The third-order valence-electron chi connectivity index (χ3n) is 4.62.